The van der Waals surface area contributed by atoms with Gasteiger partial charge in [-0.05, 0) is 12.8 Å². The molecule has 0 aromatic heterocycles. The van der Waals surface area contributed by atoms with E-state index < -0.39 is 0 Å². The van der Waals surface area contributed by atoms with Gasteiger partial charge >= 0.3 is 0 Å². The SMILES string of the molecule is C#CCNCCNC1CCCCCC1. The van der Waals surface area contributed by atoms with E-state index in [9.17, 15) is 0 Å². The fourth-order valence-corrected chi connectivity index (χ4v) is 2.01. The van der Waals surface area contributed by atoms with Gasteiger partial charge in [0.2, 0.25) is 0 Å². The average Bonchev–Trinajstić information content (AvgIpc) is 2.46. The first-order valence-corrected chi connectivity index (χ1v) is 5.81. The van der Waals surface area contributed by atoms with E-state index in [0.29, 0.717) is 6.54 Å². The Morgan fingerprint density at radius 2 is 1.79 bits per heavy atom. The van der Waals surface area contributed by atoms with Gasteiger partial charge in [0.05, 0.1) is 6.54 Å². The number of nitrogens with one attached hydrogen (secondary N) is 2. The third kappa shape index (κ3) is 5.26. The fraction of sp³-hybridized carbons (Fsp3) is 0.833. The van der Waals surface area contributed by atoms with Gasteiger partial charge in [-0.15, -0.1) is 6.42 Å². The molecule has 0 spiro atoms. The van der Waals surface area contributed by atoms with Crippen molar-refractivity contribution in [1.82, 2.24) is 10.6 Å². The molecule has 2 N–H and O–H groups in total. The van der Waals surface area contributed by atoms with Crippen molar-refractivity contribution < 1.29 is 0 Å². The van der Waals surface area contributed by atoms with Gasteiger partial charge in [0, 0.05) is 19.1 Å². The number of terminal acetylenes is 1. The van der Waals surface area contributed by atoms with Crippen molar-refractivity contribution in [2.75, 3.05) is 19.6 Å². The van der Waals surface area contributed by atoms with Crippen LogP contribution in [0.4, 0.5) is 0 Å². The monoisotopic (exact) mass is 194 g/mol. The molecule has 14 heavy (non-hydrogen) atoms. The van der Waals surface area contributed by atoms with E-state index in [1.165, 1.54) is 38.5 Å². The Labute approximate surface area is 87.8 Å². The van der Waals surface area contributed by atoms with Gasteiger partial charge in [-0.25, -0.2) is 0 Å². The van der Waals surface area contributed by atoms with Crippen LogP contribution in [0.25, 0.3) is 0 Å². The highest BCUT2D eigenvalue weighted by Gasteiger charge is 2.10. The van der Waals surface area contributed by atoms with Gasteiger partial charge in [-0.3, -0.25) is 0 Å². The third-order valence-corrected chi connectivity index (χ3v) is 2.82. The predicted octanol–water partition coefficient (Wildman–Crippen LogP) is 1.52. The lowest BCUT2D eigenvalue weighted by atomic mass is 10.1. The summed E-state index contributed by atoms with van der Waals surface area (Å²) in [5, 5.41) is 6.78. The van der Waals surface area contributed by atoms with Crippen LogP contribution in [0.2, 0.25) is 0 Å². The second-order valence-corrected chi connectivity index (χ2v) is 4.02. The Balaban J connectivity index is 1.96. The maximum atomic E-state index is 5.14. The molecule has 0 aromatic carbocycles. The molecule has 0 amide bonds. The minimum Gasteiger partial charge on any atom is -0.313 e. The van der Waals surface area contributed by atoms with Crippen molar-refractivity contribution in [2.45, 2.75) is 44.6 Å². The first-order chi connectivity index (χ1) is 6.93. The molecular weight excluding hydrogens is 172 g/mol. The summed E-state index contributed by atoms with van der Waals surface area (Å²) >= 11 is 0. The normalized spacial score (nSPS) is 18.8. The Hall–Kier alpha value is -0.520. The molecule has 0 atom stereocenters. The first kappa shape index (κ1) is 11.6. The molecule has 0 aliphatic heterocycles. The lowest BCUT2D eigenvalue weighted by Crippen LogP contribution is -2.34. The fourth-order valence-electron chi connectivity index (χ4n) is 2.01. The first-order valence-electron chi connectivity index (χ1n) is 5.81. The zero-order valence-electron chi connectivity index (χ0n) is 9.02. The Morgan fingerprint density at radius 3 is 2.43 bits per heavy atom. The van der Waals surface area contributed by atoms with Crippen molar-refractivity contribution in [2.24, 2.45) is 0 Å². The molecule has 1 aliphatic carbocycles. The van der Waals surface area contributed by atoms with Crippen LogP contribution < -0.4 is 10.6 Å². The van der Waals surface area contributed by atoms with Gasteiger partial charge in [-0.2, -0.15) is 0 Å². The van der Waals surface area contributed by atoms with Crippen LogP contribution in [0.15, 0.2) is 0 Å². The summed E-state index contributed by atoms with van der Waals surface area (Å²) in [5.41, 5.74) is 0. The molecule has 0 unspecified atom stereocenters. The minimum absolute atomic E-state index is 0.687. The molecule has 1 aliphatic rings. The summed E-state index contributed by atoms with van der Waals surface area (Å²) in [6.07, 6.45) is 13.5. The molecule has 2 nitrogen and oxygen atoms in total. The van der Waals surface area contributed by atoms with E-state index in [4.69, 9.17) is 6.42 Å². The number of hydrogen-bond acceptors (Lipinski definition) is 2. The minimum atomic E-state index is 0.687. The smallest absolute Gasteiger partial charge is 0.0574 e. The van der Waals surface area contributed by atoms with Crippen LogP contribution in [-0.4, -0.2) is 25.7 Å². The molecule has 0 saturated heterocycles. The molecule has 0 aromatic rings. The van der Waals surface area contributed by atoms with E-state index in [2.05, 4.69) is 16.6 Å². The molecule has 2 heteroatoms. The largest absolute Gasteiger partial charge is 0.313 e. The van der Waals surface area contributed by atoms with Crippen LogP contribution in [-0.2, 0) is 0 Å². The zero-order valence-corrected chi connectivity index (χ0v) is 9.02. The van der Waals surface area contributed by atoms with Crippen LogP contribution >= 0.6 is 0 Å². The quantitative estimate of drug-likeness (QED) is 0.394. The van der Waals surface area contributed by atoms with Gasteiger partial charge < -0.3 is 10.6 Å². The predicted molar refractivity (Wildman–Crippen MR) is 61.2 cm³/mol. The molecule has 0 heterocycles. The van der Waals surface area contributed by atoms with E-state index in [0.717, 1.165) is 19.1 Å². The van der Waals surface area contributed by atoms with Crippen LogP contribution in [0, 0.1) is 12.3 Å². The molecular formula is C12H22N2. The average molecular weight is 194 g/mol. The topological polar surface area (TPSA) is 24.1 Å². The summed E-state index contributed by atoms with van der Waals surface area (Å²) in [4.78, 5) is 0. The van der Waals surface area contributed by atoms with Crippen molar-refractivity contribution in [3.63, 3.8) is 0 Å². The standard InChI is InChI=1S/C12H22N2/c1-2-9-13-10-11-14-12-7-5-3-4-6-8-12/h1,12-14H,3-11H2. The number of rotatable bonds is 5. The maximum absolute atomic E-state index is 5.14. The van der Waals surface area contributed by atoms with Crippen LogP contribution in [0.5, 0.6) is 0 Å². The lowest BCUT2D eigenvalue weighted by Gasteiger charge is -2.15. The maximum Gasteiger partial charge on any atom is 0.0574 e. The van der Waals surface area contributed by atoms with Gasteiger partial charge in [0.15, 0.2) is 0 Å². The molecule has 0 radical (unpaired) electrons. The third-order valence-electron chi connectivity index (χ3n) is 2.82. The second kappa shape index (κ2) is 7.84. The zero-order chi connectivity index (χ0) is 10.1. The van der Waals surface area contributed by atoms with E-state index >= 15 is 0 Å². The van der Waals surface area contributed by atoms with Crippen LogP contribution in [0.1, 0.15) is 38.5 Å². The van der Waals surface area contributed by atoms with Crippen LogP contribution in [0.3, 0.4) is 0 Å². The van der Waals surface area contributed by atoms with Crippen molar-refractivity contribution in [1.29, 1.82) is 0 Å². The van der Waals surface area contributed by atoms with E-state index in [1.54, 1.807) is 0 Å². The van der Waals surface area contributed by atoms with Gasteiger partial charge in [0.25, 0.3) is 0 Å². The number of hydrogen-bond donors (Lipinski definition) is 2. The van der Waals surface area contributed by atoms with Crippen molar-refractivity contribution >= 4 is 0 Å². The Morgan fingerprint density at radius 1 is 1.07 bits per heavy atom. The highest BCUT2D eigenvalue weighted by atomic mass is 15.0. The highest BCUT2D eigenvalue weighted by Crippen LogP contribution is 2.16. The Bertz CT molecular complexity index is 164. The molecule has 80 valence electrons. The summed E-state index contributed by atoms with van der Waals surface area (Å²) in [6.45, 7) is 2.72. The summed E-state index contributed by atoms with van der Waals surface area (Å²) in [7, 11) is 0. The van der Waals surface area contributed by atoms with Crippen molar-refractivity contribution in [3.05, 3.63) is 0 Å². The molecule has 1 fully saturated rings. The van der Waals surface area contributed by atoms with Gasteiger partial charge in [0.1, 0.15) is 0 Å². The molecule has 0 bridgehead atoms. The summed E-state index contributed by atoms with van der Waals surface area (Å²) in [6, 6.07) is 0.755. The molecule has 1 rings (SSSR count). The highest BCUT2D eigenvalue weighted by molar-refractivity contribution is 4.86. The molecule has 1 saturated carbocycles. The lowest BCUT2D eigenvalue weighted by molar-refractivity contribution is 0.457. The summed E-state index contributed by atoms with van der Waals surface area (Å²) < 4.78 is 0. The van der Waals surface area contributed by atoms with E-state index in [-0.39, 0.29) is 0 Å². The van der Waals surface area contributed by atoms with E-state index in [1.807, 2.05) is 0 Å². The summed E-state index contributed by atoms with van der Waals surface area (Å²) in [5.74, 6) is 2.58. The second-order valence-electron chi connectivity index (χ2n) is 4.02. The van der Waals surface area contributed by atoms with Gasteiger partial charge in [-0.1, -0.05) is 31.6 Å². The van der Waals surface area contributed by atoms with Crippen molar-refractivity contribution in [3.8, 4) is 12.3 Å². The Kier molecular flexibility index (Phi) is 6.47.